The molecule has 1 aliphatic rings. The Hall–Kier alpha value is -3.31. The van der Waals surface area contributed by atoms with Crippen LogP contribution in [0.25, 0.3) is 16.9 Å². The molecular formula is C24H25F6N5O. The Kier molecular flexibility index (Phi) is 6.42. The van der Waals surface area contributed by atoms with Gasteiger partial charge in [0.25, 0.3) is 0 Å². The molecule has 3 heterocycles. The molecule has 0 spiro atoms. The van der Waals surface area contributed by atoms with E-state index in [1.54, 1.807) is 37.8 Å². The van der Waals surface area contributed by atoms with E-state index in [9.17, 15) is 31.1 Å². The van der Waals surface area contributed by atoms with Gasteiger partial charge in [-0.15, -0.1) is 5.10 Å². The largest absolute Gasteiger partial charge is 0.418 e. The normalized spacial score (nSPS) is 17.5. The number of fused-ring (bicyclic) bond motifs is 1. The summed E-state index contributed by atoms with van der Waals surface area (Å²) in [5.41, 5.74) is -1.31. The number of carbonyl (C=O) groups is 1. The molecule has 1 amide bonds. The van der Waals surface area contributed by atoms with Gasteiger partial charge in [-0.1, -0.05) is 26.8 Å². The fourth-order valence-corrected chi connectivity index (χ4v) is 4.00. The SMILES string of the molecule is CC(C)(C)C(=O)Nc1cc(-c2cn3nc(N4CCCC(C(F)(F)F)C4)ccc3n2)ccc1C(F)(F)F. The van der Waals surface area contributed by atoms with Gasteiger partial charge in [0.1, 0.15) is 5.82 Å². The predicted molar refractivity (Wildman–Crippen MR) is 123 cm³/mol. The highest BCUT2D eigenvalue weighted by Crippen LogP contribution is 2.38. The average Bonchev–Trinajstić information content (AvgIpc) is 3.20. The summed E-state index contributed by atoms with van der Waals surface area (Å²) in [6, 6.07) is 6.49. The van der Waals surface area contributed by atoms with Crippen LogP contribution < -0.4 is 10.2 Å². The molecule has 1 fully saturated rings. The van der Waals surface area contributed by atoms with Crippen molar-refractivity contribution in [3.05, 3.63) is 42.1 Å². The Morgan fingerprint density at radius 1 is 1.06 bits per heavy atom. The Morgan fingerprint density at radius 3 is 2.42 bits per heavy atom. The van der Waals surface area contributed by atoms with E-state index in [0.717, 1.165) is 6.07 Å². The van der Waals surface area contributed by atoms with Gasteiger partial charge < -0.3 is 10.2 Å². The highest BCUT2D eigenvalue weighted by Gasteiger charge is 2.42. The van der Waals surface area contributed by atoms with E-state index < -0.39 is 40.8 Å². The number of piperidine rings is 1. The molecule has 194 valence electrons. The quantitative estimate of drug-likeness (QED) is 0.425. The second-order valence-corrected chi connectivity index (χ2v) is 9.91. The molecule has 1 unspecified atom stereocenters. The first-order valence-corrected chi connectivity index (χ1v) is 11.3. The van der Waals surface area contributed by atoms with Crippen LogP contribution in [0.4, 0.5) is 37.8 Å². The van der Waals surface area contributed by atoms with Gasteiger partial charge in [0.05, 0.1) is 29.1 Å². The van der Waals surface area contributed by atoms with Gasteiger partial charge in [-0.3, -0.25) is 4.79 Å². The lowest BCUT2D eigenvalue weighted by Crippen LogP contribution is -2.42. The summed E-state index contributed by atoms with van der Waals surface area (Å²) in [7, 11) is 0. The standard InChI is InChI=1S/C24H25F6N5O/c1-22(2,3)21(36)32-17-11-14(6-7-16(17)24(28,29)30)18-13-35-19(31-18)8-9-20(33-35)34-10-4-5-15(12-34)23(25,26)27/h6-9,11,13,15H,4-5,10,12H2,1-3H3,(H,32,36). The molecule has 2 aromatic heterocycles. The maximum atomic E-state index is 13.6. The highest BCUT2D eigenvalue weighted by atomic mass is 19.4. The number of nitrogens with one attached hydrogen (secondary N) is 1. The van der Waals surface area contributed by atoms with E-state index in [-0.39, 0.29) is 13.0 Å². The number of anilines is 2. The van der Waals surface area contributed by atoms with E-state index >= 15 is 0 Å². The number of imidazole rings is 1. The van der Waals surface area contributed by atoms with Crippen molar-refractivity contribution in [3.8, 4) is 11.3 Å². The summed E-state index contributed by atoms with van der Waals surface area (Å²) >= 11 is 0. The summed E-state index contributed by atoms with van der Waals surface area (Å²) in [5.74, 6) is -1.66. The number of carbonyl (C=O) groups excluding carboxylic acids is 1. The first-order valence-electron chi connectivity index (χ1n) is 11.3. The second-order valence-electron chi connectivity index (χ2n) is 9.91. The number of hydrogen-bond acceptors (Lipinski definition) is 4. The number of aromatic nitrogens is 3. The molecule has 1 aromatic carbocycles. The van der Waals surface area contributed by atoms with Gasteiger partial charge in [0.2, 0.25) is 5.91 Å². The fraction of sp³-hybridized carbons (Fsp3) is 0.458. The summed E-state index contributed by atoms with van der Waals surface area (Å²) in [6.45, 7) is 5.00. The molecule has 1 atom stereocenters. The Labute approximate surface area is 203 Å². The molecule has 12 heteroatoms. The zero-order valence-electron chi connectivity index (χ0n) is 19.8. The van der Waals surface area contributed by atoms with Crippen molar-refractivity contribution < 1.29 is 31.1 Å². The molecule has 3 aromatic rings. The summed E-state index contributed by atoms with van der Waals surface area (Å²) in [5, 5.41) is 6.75. The van der Waals surface area contributed by atoms with E-state index in [1.165, 1.54) is 22.8 Å². The predicted octanol–water partition coefficient (Wildman–Crippen LogP) is 6.18. The van der Waals surface area contributed by atoms with E-state index in [0.29, 0.717) is 35.7 Å². The van der Waals surface area contributed by atoms with Gasteiger partial charge in [0, 0.05) is 24.1 Å². The maximum absolute atomic E-state index is 13.6. The number of benzene rings is 1. The Balaban J connectivity index is 1.66. The summed E-state index contributed by atoms with van der Waals surface area (Å²) in [6.07, 6.45) is -7.03. The van der Waals surface area contributed by atoms with Gasteiger partial charge in [-0.05, 0) is 37.1 Å². The van der Waals surface area contributed by atoms with Crippen LogP contribution in [-0.4, -0.2) is 39.8 Å². The molecular weight excluding hydrogens is 488 g/mol. The number of amides is 1. The van der Waals surface area contributed by atoms with Crippen LogP contribution in [0, 0.1) is 11.3 Å². The van der Waals surface area contributed by atoms with E-state index in [2.05, 4.69) is 15.4 Å². The number of halogens is 6. The highest BCUT2D eigenvalue weighted by molar-refractivity contribution is 5.96. The van der Waals surface area contributed by atoms with Crippen molar-refractivity contribution in [2.75, 3.05) is 23.3 Å². The average molecular weight is 513 g/mol. The van der Waals surface area contributed by atoms with Crippen LogP contribution in [0.1, 0.15) is 39.2 Å². The van der Waals surface area contributed by atoms with Crippen LogP contribution >= 0.6 is 0 Å². The Bertz CT molecular complexity index is 1270. The number of alkyl halides is 6. The lowest BCUT2D eigenvalue weighted by atomic mass is 9.95. The van der Waals surface area contributed by atoms with Crippen molar-refractivity contribution >= 4 is 23.1 Å². The number of hydrogen-bond donors (Lipinski definition) is 1. The lowest BCUT2D eigenvalue weighted by molar-refractivity contribution is -0.176. The molecule has 4 rings (SSSR count). The minimum atomic E-state index is -4.68. The van der Waals surface area contributed by atoms with Gasteiger partial charge in [0.15, 0.2) is 5.65 Å². The van der Waals surface area contributed by atoms with Crippen molar-refractivity contribution in [1.29, 1.82) is 0 Å². The van der Waals surface area contributed by atoms with E-state index in [4.69, 9.17) is 0 Å². The molecule has 0 saturated carbocycles. The molecule has 1 saturated heterocycles. The fourth-order valence-electron chi connectivity index (χ4n) is 4.00. The zero-order valence-corrected chi connectivity index (χ0v) is 19.8. The molecule has 0 aliphatic carbocycles. The van der Waals surface area contributed by atoms with Crippen LogP contribution in [0.15, 0.2) is 36.5 Å². The van der Waals surface area contributed by atoms with Crippen molar-refractivity contribution in [2.24, 2.45) is 11.3 Å². The third kappa shape index (κ3) is 5.41. The molecule has 6 nitrogen and oxygen atoms in total. The summed E-state index contributed by atoms with van der Waals surface area (Å²) in [4.78, 5) is 18.4. The van der Waals surface area contributed by atoms with Gasteiger partial charge in [-0.25, -0.2) is 9.50 Å². The zero-order chi connectivity index (χ0) is 26.5. The van der Waals surface area contributed by atoms with Crippen molar-refractivity contribution in [2.45, 2.75) is 46.0 Å². The van der Waals surface area contributed by atoms with Gasteiger partial charge >= 0.3 is 12.4 Å². The second kappa shape index (κ2) is 8.97. The van der Waals surface area contributed by atoms with E-state index in [1.807, 2.05) is 0 Å². The number of nitrogens with zero attached hydrogens (tertiary/aromatic N) is 4. The minimum absolute atomic E-state index is 0.0689. The lowest BCUT2D eigenvalue weighted by Gasteiger charge is -2.34. The topological polar surface area (TPSA) is 62.5 Å². The molecule has 1 aliphatic heterocycles. The molecule has 0 radical (unpaired) electrons. The monoisotopic (exact) mass is 513 g/mol. The van der Waals surface area contributed by atoms with Crippen LogP contribution in [0.3, 0.4) is 0 Å². The first kappa shape index (κ1) is 25.8. The van der Waals surface area contributed by atoms with Crippen molar-refractivity contribution in [1.82, 2.24) is 14.6 Å². The maximum Gasteiger partial charge on any atom is 0.418 e. The first-order chi connectivity index (χ1) is 16.6. The Morgan fingerprint density at radius 2 is 1.78 bits per heavy atom. The molecule has 36 heavy (non-hydrogen) atoms. The number of rotatable bonds is 3. The van der Waals surface area contributed by atoms with Crippen LogP contribution in [0.5, 0.6) is 0 Å². The van der Waals surface area contributed by atoms with Crippen LogP contribution in [-0.2, 0) is 11.0 Å². The minimum Gasteiger partial charge on any atom is -0.355 e. The van der Waals surface area contributed by atoms with Crippen molar-refractivity contribution in [3.63, 3.8) is 0 Å². The third-order valence-electron chi connectivity index (χ3n) is 6.06. The van der Waals surface area contributed by atoms with Crippen LogP contribution in [0.2, 0.25) is 0 Å². The molecule has 1 N–H and O–H groups in total. The van der Waals surface area contributed by atoms with Gasteiger partial charge in [-0.2, -0.15) is 26.3 Å². The molecule has 0 bridgehead atoms. The smallest absolute Gasteiger partial charge is 0.355 e. The summed E-state index contributed by atoms with van der Waals surface area (Å²) < 4.78 is 81.7. The third-order valence-corrected chi connectivity index (χ3v) is 6.06.